The van der Waals surface area contributed by atoms with E-state index in [2.05, 4.69) is 10.6 Å². The second-order valence-corrected chi connectivity index (χ2v) is 10.9. The van der Waals surface area contributed by atoms with E-state index in [-0.39, 0.29) is 23.2 Å². The molecule has 0 saturated carbocycles. The highest BCUT2D eigenvalue weighted by Crippen LogP contribution is 2.15. The van der Waals surface area contributed by atoms with Gasteiger partial charge in [0.15, 0.2) is 5.12 Å². The van der Waals surface area contributed by atoms with Crippen molar-refractivity contribution in [2.75, 3.05) is 46.0 Å². The summed E-state index contributed by atoms with van der Waals surface area (Å²) in [6.45, 7) is 7.51. The summed E-state index contributed by atoms with van der Waals surface area (Å²) >= 11 is 1.19. The molecule has 0 aliphatic heterocycles. The topological polar surface area (TPSA) is 91.0 Å². The highest BCUT2D eigenvalue weighted by molar-refractivity contribution is 8.13. The molecule has 2 aromatic carbocycles. The summed E-state index contributed by atoms with van der Waals surface area (Å²) in [5, 5.41) is 5.92. The van der Waals surface area contributed by atoms with E-state index in [9.17, 15) is 14.4 Å². The van der Waals surface area contributed by atoms with Crippen molar-refractivity contribution in [1.82, 2.24) is 20.4 Å². The molecule has 8 nitrogen and oxygen atoms in total. The summed E-state index contributed by atoms with van der Waals surface area (Å²) < 4.78 is 5.72. The van der Waals surface area contributed by atoms with E-state index < -0.39 is 6.04 Å². The minimum absolute atomic E-state index is 0.0106. The summed E-state index contributed by atoms with van der Waals surface area (Å²) in [7, 11) is 3.88. The first kappa shape index (κ1) is 31.2. The smallest absolute Gasteiger partial charge is 0.318 e. The fraction of sp³-hybridized carbons (Fsp3) is 0.483. The maximum Gasteiger partial charge on any atom is 0.318 e. The lowest BCUT2D eigenvalue weighted by molar-refractivity contribution is -0.123. The van der Waals surface area contributed by atoms with E-state index in [1.807, 2.05) is 87.4 Å². The number of hydrogen-bond acceptors (Lipinski definition) is 6. The lowest BCUT2D eigenvalue weighted by Gasteiger charge is -2.26. The van der Waals surface area contributed by atoms with Crippen molar-refractivity contribution >= 4 is 28.8 Å². The van der Waals surface area contributed by atoms with E-state index in [1.165, 1.54) is 18.7 Å². The van der Waals surface area contributed by atoms with Gasteiger partial charge in [-0.25, -0.2) is 4.79 Å². The lowest BCUT2D eigenvalue weighted by atomic mass is 10.0. The van der Waals surface area contributed by atoms with Gasteiger partial charge in [0.25, 0.3) is 0 Å². The minimum atomic E-state index is -0.749. The highest BCUT2D eigenvalue weighted by Gasteiger charge is 2.24. The average Bonchev–Trinajstić information content (AvgIpc) is 2.86. The predicted molar refractivity (Wildman–Crippen MR) is 155 cm³/mol. The molecule has 3 amide bonds. The molecule has 2 aromatic rings. The number of urea groups is 1. The number of carbonyl (C=O) groups excluding carboxylic acids is 3. The molecule has 0 bridgehead atoms. The maximum absolute atomic E-state index is 13.4. The Morgan fingerprint density at radius 1 is 0.921 bits per heavy atom. The molecular formula is C29H42N4O4S. The summed E-state index contributed by atoms with van der Waals surface area (Å²) in [5.74, 6) is 1.02. The normalized spacial score (nSPS) is 11.8. The van der Waals surface area contributed by atoms with Crippen molar-refractivity contribution in [3.63, 3.8) is 0 Å². The Hall–Kier alpha value is -3.04. The first-order chi connectivity index (χ1) is 18.1. The van der Waals surface area contributed by atoms with Crippen molar-refractivity contribution in [3.8, 4) is 5.75 Å². The molecular weight excluding hydrogens is 500 g/mol. The SMILES string of the molecule is CC(=O)SCCN(CCc1ccccc1)C(=O)N[C@@H](Cc1ccc(OC(C)C)cc1)C(=O)NCCN(C)C. The number of carbonyl (C=O) groups is 3. The molecule has 1 atom stereocenters. The number of amides is 3. The average molecular weight is 543 g/mol. The molecule has 0 aromatic heterocycles. The first-order valence-corrected chi connectivity index (χ1v) is 14.0. The number of benzene rings is 2. The standard InChI is InChI=1S/C29H42N4O4S/c1-22(2)37-26-13-11-25(12-14-26)21-27(28(35)30-16-18-32(4)5)31-29(36)33(19-20-38-23(3)34)17-15-24-9-7-6-8-10-24/h6-14,22,27H,15-21H2,1-5H3,(H,30,35)(H,31,36)/t27-/m0/s1. The first-order valence-electron chi connectivity index (χ1n) is 13.0. The molecule has 2 N–H and O–H groups in total. The summed E-state index contributed by atoms with van der Waals surface area (Å²) in [5.41, 5.74) is 2.03. The predicted octanol–water partition coefficient (Wildman–Crippen LogP) is 3.60. The zero-order valence-corrected chi connectivity index (χ0v) is 24.1. The fourth-order valence-electron chi connectivity index (χ4n) is 3.71. The number of likely N-dealkylation sites (N-methyl/N-ethyl adjacent to an activating group) is 1. The van der Waals surface area contributed by atoms with Gasteiger partial charge in [-0.15, -0.1) is 0 Å². The molecule has 0 aliphatic rings. The summed E-state index contributed by atoms with van der Waals surface area (Å²) in [4.78, 5) is 41.7. The van der Waals surface area contributed by atoms with Crippen LogP contribution in [0.2, 0.25) is 0 Å². The zero-order chi connectivity index (χ0) is 27.9. The quantitative estimate of drug-likeness (QED) is 0.358. The molecule has 0 unspecified atom stereocenters. The third-order valence-corrected chi connectivity index (χ3v) is 6.47. The van der Waals surface area contributed by atoms with Crippen LogP contribution in [0.4, 0.5) is 4.79 Å². The molecule has 0 aliphatic carbocycles. The molecule has 0 saturated heterocycles. The Bertz CT molecular complexity index is 999. The zero-order valence-electron chi connectivity index (χ0n) is 23.2. The number of rotatable bonds is 15. The van der Waals surface area contributed by atoms with Crippen molar-refractivity contribution in [2.24, 2.45) is 0 Å². The minimum Gasteiger partial charge on any atom is -0.491 e. The van der Waals surface area contributed by atoms with Crippen LogP contribution in [0.25, 0.3) is 0 Å². The van der Waals surface area contributed by atoms with Crippen molar-refractivity contribution in [2.45, 2.75) is 45.8 Å². The number of thioether (sulfide) groups is 1. The Balaban J connectivity index is 2.14. The van der Waals surface area contributed by atoms with Crippen molar-refractivity contribution in [1.29, 1.82) is 0 Å². The van der Waals surface area contributed by atoms with Crippen LogP contribution in [0.3, 0.4) is 0 Å². The van der Waals surface area contributed by atoms with Gasteiger partial charge in [-0.2, -0.15) is 0 Å². The van der Waals surface area contributed by atoms with Gasteiger partial charge in [0.2, 0.25) is 5.91 Å². The van der Waals surface area contributed by atoms with Gasteiger partial charge in [-0.3, -0.25) is 9.59 Å². The molecule has 0 radical (unpaired) electrons. The summed E-state index contributed by atoms with van der Waals surface area (Å²) in [6, 6.07) is 16.5. The van der Waals surface area contributed by atoms with Gasteiger partial charge < -0.3 is 25.2 Å². The molecule has 2 rings (SSSR count). The van der Waals surface area contributed by atoms with Gasteiger partial charge in [-0.05, 0) is 57.6 Å². The van der Waals surface area contributed by atoms with Crippen LogP contribution in [-0.4, -0.2) is 85.0 Å². The molecule has 9 heteroatoms. The third kappa shape index (κ3) is 12.5. The highest BCUT2D eigenvalue weighted by atomic mass is 32.2. The fourth-order valence-corrected chi connectivity index (χ4v) is 4.31. The molecule has 0 spiro atoms. The maximum atomic E-state index is 13.4. The van der Waals surface area contributed by atoms with E-state index in [0.29, 0.717) is 44.8 Å². The second-order valence-electron chi connectivity index (χ2n) is 9.67. The van der Waals surface area contributed by atoms with Crippen LogP contribution < -0.4 is 15.4 Å². The third-order valence-electron chi connectivity index (χ3n) is 5.67. The van der Waals surface area contributed by atoms with Crippen LogP contribution in [0.1, 0.15) is 31.9 Å². The van der Waals surface area contributed by atoms with Crippen LogP contribution in [0.15, 0.2) is 54.6 Å². The number of nitrogens with zero attached hydrogens (tertiary/aromatic N) is 2. The Morgan fingerprint density at radius 2 is 1.61 bits per heavy atom. The van der Waals surface area contributed by atoms with E-state index in [4.69, 9.17) is 4.74 Å². The van der Waals surface area contributed by atoms with E-state index in [0.717, 1.165) is 16.9 Å². The number of ether oxygens (including phenoxy) is 1. The largest absolute Gasteiger partial charge is 0.491 e. The van der Waals surface area contributed by atoms with E-state index in [1.54, 1.807) is 4.90 Å². The molecule has 38 heavy (non-hydrogen) atoms. The Kier molecular flexibility index (Phi) is 13.7. The van der Waals surface area contributed by atoms with E-state index >= 15 is 0 Å². The Morgan fingerprint density at radius 3 is 2.21 bits per heavy atom. The van der Waals surface area contributed by atoms with Crippen LogP contribution in [0, 0.1) is 0 Å². The monoisotopic (exact) mass is 542 g/mol. The Labute approximate surface area is 231 Å². The second kappa shape index (κ2) is 16.7. The van der Waals surface area contributed by atoms with Gasteiger partial charge in [-0.1, -0.05) is 54.2 Å². The van der Waals surface area contributed by atoms with Crippen LogP contribution in [0.5, 0.6) is 5.75 Å². The number of hydrogen-bond donors (Lipinski definition) is 2. The van der Waals surface area contributed by atoms with Crippen LogP contribution >= 0.6 is 11.8 Å². The lowest BCUT2D eigenvalue weighted by Crippen LogP contribution is -2.53. The molecule has 0 heterocycles. The van der Waals surface area contributed by atoms with Crippen LogP contribution in [-0.2, 0) is 22.4 Å². The molecule has 208 valence electrons. The van der Waals surface area contributed by atoms with Gasteiger partial charge >= 0.3 is 6.03 Å². The molecule has 0 fully saturated rings. The number of nitrogens with one attached hydrogen (secondary N) is 2. The summed E-state index contributed by atoms with van der Waals surface area (Å²) in [6.07, 6.45) is 1.09. The van der Waals surface area contributed by atoms with Gasteiger partial charge in [0.05, 0.1) is 6.10 Å². The van der Waals surface area contributed by atoms with Crippen molar-refractivity contribution < 1.29 is 19.1 Å². The van der Waals surface area contributed by atoms with Gasteiger partial charge in [0.1, 0.15) is 11.8 Å². The van der Waals surface area contributed by atoms with Crippen molar-refractivity contribution in [3.05, 3.63) is 65.7 Å². The van der Waals surface area contributed by atoms with Gasteiger partial charge in [0, 0.05) is 45.3 Å².